The van der Waals surface area contributed by atoms with Crippen molar-refractivity contribution >= 4 is 0 Å². The van der Waals surface area contributed by atoms with E-state index in [1.165, 1.54) is 71.9 Å². The third-order valence-electron chi connectivity index (χ3n) is 13.0. The Labute approximate surface area is 307 Å². The summed E-state index contributed by atoms with van der Waals surface area (Å²) in [5, 5.41) is 0. The van der Waals surface area contributed by atoms with Crippen molar-refractivity contribution in [1.29, 1.82) is 0 Å². The maximum atomic E-state index is 4.54. The lowest BCUT2D eigenvalue weighted by Gasteiger charge is -2.49. The Morgan fingerprint density at radius 2 is 0.980 bits per heavy atom. The fourth-order valence-corrected chi connectivity index (χ4v) is 10.5. The van der Waals surface area contributed by atoms with Gasteiger partial charge in [0.15, 0.2) is 0 Å². The number of benzene rings is 4. The summed E-state index contributed by atoms with van der Waals surface area (Å²) in [5.74, 6) is 4.73. The molecule has 18 rings (SSSR count). The molecule has 0 aromatic heterocycles. The van der Waals surface area contributed by atoms with Crippen LogP contribution in [-0.4, -0.2) is 0 Å². The highest BCUT2D eigenvalue weighted by molar-refractivity contribution is 5.81. The number of rotatable bonds is 5. The lowest BCUT2D eigenvalue weighted by Crippen LogP contribution is -2.38. The zero-order valence-corrected chi connectivity index (χ0v) is 30.6. The molecule has 0 saturated carbocycles. The molecule has 4 aromatic carbocycles. The Bertz CT molecular complexity index is 1900. The first-order chi connectivity index (χ1) is 25.2. The van der Waals surface area contributed by atoms with Gasteiger partial charge < -0.3 is 0 Å². The van der Waals surface area contributed by atoms with Gasteiger partial charge in [-0.3, -0.25) is 0 Å². The molecule has 0 spiro atoms. The predicted molar refractivity (Wildman–Crippen MR) is 218 cm³/mol. The Morgan fingerprint density at radius 1 is 0.471 bits per heavy atom. The van der Waals surface area contributed by atoms with E-state index in [4.69, 9.17) is 0 Å². The molecule has 51 heavy (non-hydrogen) atoms. The first-order valence-corrected chi connectivity index (χ1v) is 19.9. The standard InChI is InChI=1S/C49H48.C2H6/c1-3-44-45(4-2)49-37-17-15-32(16-18-37)25-33-26-40(27-33)36-19-21-38(22-20-36)48(44)46-24-23-39(31-47(46)49)43-29-41(34-11-7-5-8-12-34)28-42(30-43)35-13-9-6-10-14-35;1-2/h3-15,17,19,21,23-24,26,28-32,36-38,40,44-45,48-49H,1-2,16,18,20,22,25,27H2;1-2H3. The summed E-state index contributed by atoms with van der Waals surface area (Å²) in [6, 6.07) is 36.4. The second-order valence-corrected chi connectivity index (χ2v) is 15.6. The molecule has 4 aromatic rings. The van der Waals surface area contributed by atoms with Crippen LogP contribution in [0.4, 0.5) is 0 Å². The normalized spacial score (nSPS) is 30.0. The van der Waals surface area contributed by atoms with Crippen molar-refractivity contribution in [2.24, 2.45) is 41.4 Å². The lowest BCUT2D eigenvalue weighted by molar-refractivity contribution is 0.211. The highest BCUT2D eigenvalue weighted by Gasteiger charge is 2.46. The highest BCUT2D eigenvalue weighted by atomic mass is 14.5. The van der Waals surface area contributed by atoms with Gasteiger partial charge in [-0.05, 0) is 154 Å². The van der Waals surface area contributed by atoms with Gasteiger partial charge in [-0.1, -0.05) is 141 Å². The quantitative estimate of drug-likeness (QED) is 0.186. The predicted octanol–water partition coefficient (Wildman–Crippen LogP) is 14.0. The molecule has 0 saturated heterocycles. The topological polar surface area (TPSA) is 0 Å². The summed E-state index contributed by atoms with van der Waals surface area (Å²) in [6.07, 6.45) is 25.3. The first kappa shape index (κ1) is 33.7. The number of allylic oxidation sites excluding steroid dienone is 8. The molecule has 0 nitrogen and oxygen atoms in total. The van der Waals surface area contributed by atoms with Gasteiger partial charge in [0.2, 0.25) is 0 Å². The summed E-state index contributed by atoms with van der Waals surface area (Å²) in [6.45, 7) is 13.0. The molecular weight excluding hydrogens is 613 g/mol. The van der Waals surface area contributed by atoms with Crippen molar-refractivity contribution in [2.75, 3.05) is 0 Å². The van der Waals surface area contributed by atoms with Gasteiger partial charge in [-0.2, -0.15) is 0 Å². The minimum absolute atomic E-state index is 0.363. The lowest BCUT2D eigenvalue weighted by atomic mass is 9.55. The van der Waals surface area contributed by atoms with Crippen LogP contribution in [0.15, 0.2) is 158 Å². The molecular formula is C51H54. The van der Waals surface area contributed by atoms with Gasteiger partial charge >= 0.3 is 0 Å². The summed E-state index contributed by atoms with van der Waals surface area (Å²) < 4.78 is 0. The van der Waals surface area contributed by atoms with E-state index in [-0.39, 0.29) is 0 Å². The van der Waals surface area contributed by atoms with Crippen molar-refractivity contribution in [3.8, 4) is 33.4 Å². The molecule has 14 aliphatic rings. The monoisotopic (exact) mass is 666 g/mol. The molecule has 0 N–H and O–H groups in total. The summed E-state index contributed by atoms with van der Waals surface area (Å²) >= 11 is 0. The fourth-order valence-electron chi connectivity index (χ4n) is 10.5. The van der Waals surface area contributed by atoms with Crippen LogP contribution in [0, 0.1) is 41.4 Å². The number of hydrogen-bond donors (Lipinski definition) is 0. The summed E-state index contributed by atoms with van der Waals surface area (Å²) in [7, 11) is 0. The average molecular weight is 667 g/mol. The highest BCUT2D eigenvalue weighted by Crippen LogP contribution is 2.57. The molecule has 9 atom stereocenters. The first-order valence-electron chi connectivity index (χ1n) is 19.9. The maximum Gasteiger partial charge on any atom is -0.00273 e. The molecule has 0 fully saturated rings. The van der Waals surface area contributed by atoms with Crippen LogP contribution in [0.3, 0.4) is 0 Å². The molecule has 0 heterocycles. The van der Waals surface area contributed by atoms with E-state index in [1.807, 2.05) is 13.8 Å². The van der Waals surface area contributed by atoms with Crippen LogP contribution in [0.2, 0.25) is 0 Å². The third-order valence-corrected chi connectivity index (χ3v) is 13.0. The molecule has 8 bridgehead atoms. The molecule has 14 aliphatic carbocycles. The Kier molecular flexibility index (Phi) is 9.70. The van der Waals surface area contributed by atoms with Crippen LogP contribution in [0.1, 0.15) is 75.3 Å². The third kappa shape index (κ3) is 6.37. The van der Waals surface area contributed by atoms with Crippen molar-refractivity contribution in [2.45, 2.75) is 64.2 Å². The van der Waals surface area contributed by atoms with Gasteiger partial charge in [0, 0.05) is 0 Å². The largest absolute Gasteiger partial charge is 0.103 e. The second kappa shape index (κ2) is 14.7. The van der Waals surface area contributed by atoms with Crippen LogP contribution in [0.5, 0.6) is 0 Å². The van der Waals surface area contributed by atoms with Crippen LogP contribution in [0.25, 0.3) is 33.4 Å². The van der Waals surface area contributed by atoms with E-state index >= 15 is 0 Å². The van der Waals surface area contributed by atoms with Crippen molar-refractivity contribution in [1.82, 2.24) is 0 Å². The van der Waals surface area contributed by atoms with Crippen LogP contribution in [-0.2, 0) is 0 Å². The molecule has 0 amide bonds. The van der Waals surface area contributed by atoms with Crippen LogP contribution >= 0.6 is 0 Å². The Morgan fingerprint density at radius 3 is 1.51 bits per heavy atom. The summed E-state index contributed by atoms with van der Waals surface area (Å²) in [4.78, 5) is 0. The van der Waals surface area contributed by atoms with Crippen molar-refractivity contribution in [3.05, 3.63) is 169 Å². The zero-order valence-electron chi connectivity index (χ0n) is 30.6. The van der Waals surface area contributed by atoms with Gasteiger partial charge in [0.1, 0.15) is 0 Å². The van der Waals surface area contributed by atoms with Crippen LogP contribution < -0.4 is 0 Å². The van der Waals surface area contributed by atoms with E-state index in [2.05, 4.69) is 153 Å². The summed E-state index contributed by atoms with van der Waals surface area (Å²) in [5.41, 5.74) is 12.5. The Balaban J connectivity index is 0.00000184. The minimum Gasteiger partial charge on any atom is -0.103 e. The van der Waals surface area contributed by atoms with E-state index in [9.17, 15) is 0 Å². The maximum absolute atomic E-state index is 4.54. The van der Waals surface area contributed by atoms with Gasteiger partial charge in [-0.25, -0.2) is 0 Å². The van der Waals surface area contributed by atoms with E-state index in [1.54, 1.807) is 16.7 Å². The molecule has 0 heteroatoms. The molecule has 258 valence electrons. The van der Waals surface area contributed by atoms with E-state index in [0.29, 0.717) is 47.3 Å². The fraction of sp³-hybridized carbons (Fsp3) is 0.333. The van der Waals surface area contributed by atoms with E-state index < -0.39 is 0 Å². The Hall–Kier alpha value is -4.42. The molecule has 9 unspecified atom stereocenters. The van der Waals surface area contributed by atoms with Crippen molar-refractivity contribution in [3.63, 3.8) is 0 Å². The zero-order chi connectivity index (χ0) is 34.9. The van der Waals surface area contributed by atoms with Gasteiger partial charge in [-0.15, -0.1) is 13.2 Å². The number of hydrogen-bond acceptors (Lipinski definition) is 0. The van der Waals surface area contributed by atoms with Gasteiger partial charge in [0.25, 0.3) is 0 Å². The second-order valence-electron chi connectivity index (χ2n) is 15.6. The SMILES string of the molecule is C=CC1C(C=C)C2c3ccc(-c4cc(-c5ccccc5)cc(-c5ccccc5)c4)cc3C1C1C=CC(CC1)CC1=CC(C1)C1C=CC2CC1.CC. The molecule has 0 radical (unpaired) electrons. The molecule has 0 aliphatic heterocycles. The minimum atomic E-state index is 0.363. The van der Waals surface area contributed by atoms with E-state index in [0.717, 1.165) is 5.92 Å². The smallest absolute Gasteiger partial charge is 0.00273 e. The van der Waals surface area contributed by atoms with Crippen molar-refractivity contribution < 1.29 is 0 Å². The van der Waals surface area contributed by atoms with Gasteiger partial charge in [0.05, 0.1) is 0 Å². The average Bonchev–Trinajstić information content (AvgIpc) is 3.19.